The van der Waals surface area contributed by atoms with E-state index in [4.69, 9.17) is 4.74 Å². The van der Waals surface area contributed by atoms with Crippen LogP contribution in [0, 0.1) is 11.8 Å². The largest absolute Gasteiger partial charge is 0.383 e. The Kier molecular flexibility index (Phi) is 9.69. The monoisotopic (exact) mass is 286 g/mol. The number of rotatable bonds is 2. The molecule has 2 N–H and O–H groups in total. The van der Waals surface area contributed by atoms with Crippen LogP contribution >= 0.6 is 0 Å². The Bertz CT molecular complexity index is 247. The van der Waals surface area contributed by atoms with Crippen molar-refractivity contribution in [2.75, 3.05) is 27.8 Å². The second-order valence-corrected chi connectivity index (χ2v) is 6.22. The molecule has 0 radical (unpaired) electrons. The van der Waals surface area contributed by atoms with Gasteiger partial charge in [-0.3, -0.25) is 4.90 Å². The minimum absolute atomic E-state index is 0.271. The van der Waals surface area contributed by atoms with Gasteiger partial charge >= 0.3 is 0 Å². The molecule has 3 nitrogen and oxygen atoms in total. The predicted molar refractivity (Wildman–Crippen MR) is 89.0 cm³/mol. The molecule has 1 saturated heterocycles. The van der Waals surface area contributed by atoms with Crippen molar-refractivity contribution in [3.8, 4) is 0 Å². The molecule has 4 atom stereocenters. The first-order valence-electron chi connectivity index (χ1n) is 8.38. The maximum atomic E-state index is 5.42. The number of likely N-dealkylation sites (tertiary alicyclic amines) is 1. The molecule has 2 rings (SSSR count). The summed E-state index contributed by atoms with van der Waals surface area (Å²) in [6.07, 6.45) is 6.94. The van der Waals surface area contributed by atoms with Crippen molar-refractivity contribution in [2.45, 2.75) is 71.4 Å². The molecule has 1 aliphatic carbocycles. The fourth-order valence-corrected chi connectivity index (χ4v) is 3.95. The van der Waals surface area contributed by atoms with Crippen LogP contribution in [0.4, 0.5) is 0 Å². The number of methoxy groups -OCH3 is 1. The van der Waals surface area contributed by atoms with E-state index in [0.717, 1.165) is 24.5 Å². The van der Waals surface area contributed by atoms with Gasteiger partial charge in [-0.2, -0.15) is 0 Å². The summed E-state index contributed by atoms with van der Waals surface area (Å²) in [5.41, 5.74) is 4.77. The van der Waals surface area contributed by atoms with Gasteiger partial charge in [0.15, 0.2) is 0 Å². The quantitative estimate of drug-likeness (QED) is 0.844. The zero-order valence-corrected chi connectivity index (χ0v) is 14.9. The van der Waals surface area contributed by atoms with E-state index in [2.05, 4.69) is 31.5 Å². The molecule has 0 aromatic heterocycles. The van der Waals surface area contributed by atoms with Crippen molar-refractivity contribution >= 4 is 0 Å². The number of fused-ring (bicyclic) bond motifs is 1. The molecule has 0 amide bonds. The summed E-state index contributed by atoms with van der Waals surface area (Å²) in [6, 6.07) is 0.803. The van der Waals surface area contributed by atoms with Crippen LogP contribution in [0.2, 0.25) is 0 Å². The summed E-state index contributed by atoms with van der Waals surface area (Å²) in [4.78, 5) is 2.63. The minimum Gasteiger partial charge on any atom is -0.383 e. The number of hydrogen-bond donors (Lipinski definition) is 1. The summed E-state index contributed by atoms with van der Waals surface area (Å²) in [5.74, 6) is 1.86. The molecule has 0 bridgehead atoms. The normalized spacial score (nSPS) is 36.9. The molecule has 2 aliphatic rings. The van der Waals surface area contributed by atoms with Gasteiger partial charge in [0.2, 0.25) is 0 Å². The number of likely N-dealkylation sites (N-methyl/N-ethyl adjacent to an activating group) is 1. The molecule has 3 heteroatoms. The van der Waals surface area contributed by atoms with Gasteiger partial charge in [0.1, 0.15) is 0 Å². The summed E-state index contributed by atoms with van der Waals surface area (Å²) in [7, 11) is 5.64. The number of nitrogens with two attached hydrogens (primary N) is 1. The smallest absolute Gasteiger partial charge is 0.0643 e. The molecule has 0 aromatic carbocycles. The summed E-state index contributed by atoms with van der Waals surface area (Å²) >= 11 is 0. The van der Waals surface area contributed by atoms with Gasteiger partial charge < -0.3 is 10.5 Å². The molecular formula is C17H38N2O. The van der Waals surface area contributed by atoms with E-state index in [1.54, 1.807) is 0 Å². The fraction of sp³-hybridized carbons (Fsp3) is 1.00. The van der Waals surface area contributed by atoms with E-state index in [9.17, 15) is 0 Å². The van der Waals surface area contributed by atoms with Crippen molar-refractivity contribution in [3.63, 3.8) is 0 Å². The van der Waals surface area contributed by atoms with E-state index in [1.165, 1.54) is 39.2 Å². The van der Waals surface area contributed by atoms with Crippen LogP contribution < -0.4 is 5.73 Å². The maximum Gasteiger partial charge on any atom is 0.0643 e. The molecule has 4 unspecified atom stereocenters. The van der Waals surface area contributed by atoms with Gasteiger partial charge in [0.05, 0.1) is 6.61 Å². The van der Waals surface area contributed by atoms with E-state index in [1.807, 2.05) is 21.0 Å². The van der Waals surface area contributed by atoms with Crippen molar-refractivity contribution in [1.29, 1.82) is 0 Å². The lowest BCUT2D eigenvalue weighted by atomic mass is 9.68. The van der Waals surface area contributed by atoms with Crippen molar-refractivity contribution in [2.24, 2.45) is 17.6 Å². The number of ether oxygens (including phenoxy) is 1. The van der Waals surface area contributed by atoms with Crippen LogP contribution in [-0.4, -0.2) is 44.3 Å². The number of nitrogens with zero attached hydrogens (tertiary/aromatic N) is 1. The molecule has 1 saturated carbocycles. The predicted octanol–water partition coefficient (Wildman–Crippen LogP) is 3.52. The molecule has 20 heavy (non-hydrogen) atoms. The number of hydrogen-bond acceptors (Lipinski definition) is 3. The van der Waals surface area contributed by atoms with E-state index in [0.29, 0.717) is 0 Å². The third-order valence-electron chi connectivity index (χ3n) is 5.20. The third kappa shape index (κ3) is 4.44. The zero-order valence-electron chi connectivity index (χ0n) is 14.9. The standard InChI is InChI=1S/C14H27NO.C2H6.CH5N/c1-11-6-5-7-13-12(11)8-9-14(2,10-16-4)15(13)3;2*1-2/h11-13H,5-10H2,1-4H3;1-2H3;2H2,1H3. The van der Waals surface area contributed by atoms with E-state index >= 15 is 0 Å². The van der Waals surface area contributed by atoms with Crippen LogP contribution in [0.1, 0.15) is 59.8 Å². The Hall–Kier alpha value is -0.120. The first-order valence-corrected chi connectivity index (χ1v) is 8.38. The first-order chi connectivity index (χ1) is 9.58. The fourth-order valence-electron chi connectivity index (χ4n) is 3.95. The van der Waals surface area contributed by atoms with Gasteiger partial charge in [-0.1, -0.05) is 33.6 Å². The molecule has 1 heterocycles. The molecule has 0 spiro atoms. The van der Waals surface area contributed by atoms with Crippen LogP contribution in [0.25, 0.3) is 0 Å². The Balaban J connectivity index is 0.000000829. The van der Waals surface area contributed by atoms with E-state index in [-0.39, 0.29) is 5.54 Å². The molecule has 1 aliphatic heterocycles. The Morgan fingerprint density at radius 3 is 2.35 bits per heavy atom. The highest BCUT2D eigenvalue weighted by Gasteiger charge is 2.44. The Labute approximate surface area is 127 Å². The topological polar surface area (TPSA) is 38.5 Å². The lowest BCUT2D eigenvalue weighted by molar-refractivity contribution is -0.0690. The zero-order chi connectivity index (χ0) is 15.8. The summed E-state index contributed by atoms with van der Waals surface area (Å²) in [6.45, 7) is 9.69. The van der Waals surface area contributed by atoms with Gasteiger partial charge in [-0.05, 0) is 52.1 Å². The molecule has 122 valence electrons. The SMILES string of the molecule is CC.CN.COCC1(C)CCC2C(C)CCCC2N1C. The lowest BCUT2D eigenvalue weighted by Gasteiger charge is -2.54. The number of piperidine rings is 1. The van der Waals surface area contributed by atoms with Crippen LogP contribution in [0.15, 0.2) is 0 Å². The second-order valence-electron chi connectivity index (χ2n) is 6.22. The maximum absolute atomic E-state index is 5.42. The molecule has 0 aromatic rings. The van der Waals surface area contributed by atoms with Gasteiger partial charge in [0.25, 0.3) is 0 Å². The first kappa shape index (κ1) is 19.9. The van der Waals surface area contributed by atoms with Crippen molar-refractivity contribution < 1.29 is 4.74 Å². The average molecular weight is 287 g/mol. The van der Waals surface area contributed by atoms with Crippen molar-refractivity contribution in [3.05, 3.63) is 0 Å². The van der Waals surface area contributed by atoms with Crippen LogP contribution in [0.5, 0.6) is 0 Å². The second kappa shape index (κ2) is 9.75. The van der Waals surface area contributed by atoms with Crippen LogP contribution in [-0.2, 0) is 4.74 Å². The molecular weight excluding hydrogens is 248 g/mol. The minimum atomic E-state index is 0.271. The highest BCUT2D eigenvalue weighted by Crippen LogP contribution is 2.43. The third-order valence-corrected chi connectivity index (χ3v) is 5.20. The van der Waals surface area contributed by atoms with Gasteiger partial charge in [0, 0.05) is 18.7 Å². The Morgan fingerprint density at radius 1 is 1.20 bits per heavy atom. The van der Waals surface area contributed by atoms with Gasteiger partial charge in [-0.25, -0.2) is 0 Å². The summed E-state index contributed by atoms with van der Waals surface area (Å²) in [5, 5.41) is 0. The van der Waals surface area contributed by atoms with Gasteiger partial charge in [-0.15, -0.1) is 0 Å². The highest BCUT2D eigenvalue weighted by atomic mass is 16.5. The lowest BCUT2D eigenvalue weighted by Crippen LogP contribution is -2.60. The summed E-state index contributed by atoms with van der Waals surface area (Å²) < 4.78 is 5.42. The highest BCUT2D eigenvalue weighted by molar-refractivity contribution is 4.99. The Morgan fingerprint density at radius 2 is 1.80 bits per heavy atom. The van der Waals surface area contributed by atoms with Crippen molar-refractivity contribution in [1.82, 2.24) is 4.90 Å². The molecule has 2 fully saturated rings. The van der Waals surface area contributed by atoms with E-state index < -0.39 is 0 Å². The average Bonchev–Trinajstić information content (AvgIpc) is 2.48. The van der Waals surface area contributed by atoms with Crippen LogP contribution in [0.3, 0.4) is 0 Å².